The standard InChI is InChI=1S/C29H25F7N2O3/c1-26(20-10-12-22(30)13-11-20)16-38(24(39)14-17-2-4-19(5-3-17)25(37)40)15-23(26)18-6-8-21(9-7-18)27(41,28(31,32)33)29(34,35)36/h2-13,23,41H,14-16H2,1H3,(H2,37,40)/t23-,26+/m0/s1. The van der Waals surface area contributed by atoms with Crippen LogP contribution in [0.15, 0.2) is 72.8 Å². The molecule has 0 unspecified atom stereocenters. The number of likely N-dealkylation sites (tertiary alicyclic amines) is 1. The fourth-order valence-corrected chi connectivity index (χ4v) is 5.30. The number of hydrogen-bond acceptors (Lipinski definition) is 3. The molecule has 0 aromatic heterocycles. The van der Waals surface area contributed by atoms with Crippen LogP contribution in [0.3, 0.4) is 0 Å². The van der Waals surface area contributed by atoms with Crippen molar-refractivity contribution in [2.75, 3.05) is 13.1 Å². The van der Waals surface area contributed by atoms with Gasteiger partial charge in [-0.1, -0.05) is 55.5 Å². The maximum absolute atomic E-state index is 13.7. The lowest BCUT2D eigenvalue weighted by Gasteiger charge is -2.34. The summed E-state index contributed by atoms with van der Waals surface area (Å²) >= 11 is 0. The largest absolute Gasteiger partial charge is 0.430 e. The first kappa shape index (κ1) is 30.0. The quantitative estimate of drug-likeness (QED) is 0.384. The first-order valence-corrected chi connectivity index (χ1v) is 12.4. The average Bonchev–Trinajstić information content (AvgIpc) is 3.26. The lowest BCUT2D eigenvalue weighted by Crippen LogP contribution is -2.53. The van der Waals surface area contributed by atoms with Crippen LogP contribution in [0.5, 0.6) is 0 Å². The minimum Gasteiger partial charge on any atom is -0.369 e. The van der Waals surface area contributed by atoms with Crippen molar-refractivity contribution in [2.45, 2.75) is 42.6 Å². The molecule has 5 nitrogen and oxygen atoms in total. The molecule has 218 valence electrons. The highest BCUT2D eigenvalue weighted by atomic mass is 19.4. The van der Waals surface area contributed by atoms with Gasteiger partial charge in [0.25, 0.3) is 5.60 Å². The Kier molecular flexibility index (Phi) is 7.68. The summed E-state index contributed by atoms with van der Waals surface area (Å²) in [6.07, 6.45) is -12.1. The Bertz CT molecular complexity index is 1410. The van der Waals surface area contributed by atoms with E-state index in [2.05, 4.69) is 0 Å². The van der Waals surface area contributed by atoms with E-state index in [0.717, 1.165) is 12.1 Å². The Morgan fingerprint density at radius 3 is 1.93 bits per heavy atom. The maximum atomic E-state index is 13.7. The second-order valence-corrected chi connectivity index (χ2v) is 10.3. The summed E-state index contributed by atoms with van der Waals surface area (Å²) in [5.74, 6) is -2.06. The van der Waals surface area contributed by atoms with Crippen LogP contribution in [0.4, 0.5) is 30.7 Å². The SMILES string of the molecule is C[C@]1(c2ccc(F)cc2)CN(C(=O)Cc2ccc(C(N)=O)cc2)C[C@H]1c1ccc(C(O)(C(F)(F)F)C(F)(F)F)cc1. The summed E-state index contributed by atoms with van der Waals surface area (Å²) in [7, 11) is 0. The lowest BCUT2D eigenvalue weighted by molar-refractivity contribution is -0.376. The van der Waals surface area contributed by atoms with Gasteiger partial charge >= 0.3 is 12.4 Å². The molecule has 1 heterocycles. The van der Waals surface area contributed by atoms with E-state index < -0.39 is 46.6 Å². The van der Waals surface area contributed by atoms with E-state index in [4.69, 9.17) is 5.73 Å². The number of hydrogen-bond donors (Lipinski definition) is 2. The molecule has 4 rings (SSSR count). The Labute approximate surface area is 230 Å². The lowest BCUT2D eigenvalue weighted by atomic mass is 9.71. The number of nitrogens with two attached hydrogens (primary N) is 1. The Balaban J connectivity index is 1.68. The number of nitrogens with zero attached hydrogens (tertiary/aromatic N) is 1. The van der Waals surface area contributed by atoms with Gasteiger partial charge < -0.3 is 15.7 Å². The topological polar surface area (TPSA) is 83.6 Å². The van der Waals surface area contributed by atoms with Gasteiger partial charge in [0, 0.05) is 35.5 Å². The molecule has 0 radical (unpaired) electrons. The third-order valence-corrected chi connectivity index (χ3v) is 7.69. The van der Waals surface area contributed by atoms with Crippen LogP contribution in [0, 0.1) is 5.82 Å². The second kappa shape index (κ2) is 10.5. The molecule has 0 spiro atoms. The van der Waals surface area contributed by atoms with Crippen molar-refractivity contribution in [3.63, 3.8) is 0 Å². The zero-order valence-corrected chi connectivity index (χ0v) is 21.6. The van der Waals surface area contributed by atoms with E-state index in [1.807, 2.05) is 0 Å². The van der Waals surface area contributed by atoms with Gasteiger partial charge in [0.15, 0.2) is 0 Å². The van der Waals surface area contributed by atoms with Crippen LogP contribution in [-0.2, 0) is 22.2 Å². The molecule has 3 aromatic rings. The molecule has 1 saturated heterocycles. The highest BCUT2D eigenvalue weighted by molar-refractivity contribution is 5.92. The predicted molar refractivity (Wildman–Crippen MR) is 134 cm³/mol. The van der Waals surface area contributed by atoms with Crippen molar-refractivity contribution in [2.24, 2.45) is 5.73 Å². The van der Waals surface area contributed by atoms with E-state index in [-0.39, 0.29) is 31.0 Å². The molecule has 1 aliphatic rings. The van der Waals surface area contributed by atoms with Crippen molar-refractivity contribution in [1.82, 2.24) is 4.90 Å². The number of aliphatic hydroxyl groups is 1. The number of carbonyl (C=O) groups is 2. The monoisotopic (exact) mass is 582 g/mol. The Hall–Kier alpha value is -3.93. The number of halogens is 7. The summed E-state index contributed by atoms with van der Waals surface area (Å²) < 4.78 is 94.0. The van der Waals surface area contributed by atoms with Crippen LogP contribution in [0.1, 0.15) is 45.5 Å². The van der Waals surface area contributed by atoms with Crippen LogP contribution in [-0.4, -0.2) is 47.3 Å². The van der Waals surface area contributed by atoms with Gasteiger partial charge in [-0.05, 0) is 41.0 Å². The first-order chi connectivity index (χ1) is 19.0. The number of alkyl halides is 6. The molecule has 2 atom stereocenters. The molecular weight excluding hydrogens is 557 g/mol. The van der Waals surface area contributed by atoms with Gasteiger partial charge in [-0.25, -0.2) is 4.39 Å². The predicted octanol–water partition coefficient (Wildman–Crippen LogP) is 5.36. The molecule has 0 bridgehead atoms. The van der Waals surface area contributed by atoms with Crippen molar-refractivity contribution >= 4 is 11.8 Å². The molecule has 1 fully saturated rings. The Morgan fingerprint density at radius 2 is 1.44 bits per heavy atom. The number of benzene rings is 3. The van der Waals surface area contributed by atoms with E-state index in [0.29, 0.717) is 28.8 Å². The summed E-state index contributed by atoms with van der Waals surface area (Å²) in [6, 6.07) is 14.9. The zero-order chi connectivity index (χ0) is 30.4. The van der Waals surface area contributed by atoms with Gasteiger partial charge in [0.05, 0.1) is 6.42 Å². The van der Waals surface area contributed by atoms with Crippen LogP contribution >= 0.6 is 0 Å². The summed E-state index contributed by atoms with van der Waals surface area (Å²) in [4.78, 5) is 26.1. The number of carbonyl (C=O) groups excluding carboxylic acids is 2. The zero-order valence-electron chi connectivity index (χ0n) is 21.6. The minimum absolute atomic E-state index is 0.0472. The fraction of sp³-hybridized carbons (Fsp3) is 0.310. The van der Waals surface area contributed by atoms with Gasteiger partial charge in [-0.15, -0.1) is 0 Å². The van der Waals surface area contributed by atoms with Gasteiger partial charge in [-0.3, -0.25) is 9.59 Å². The van der Waals surface area contributed by atoms with Crippen LogP contribution < -0.4 is 5.73 Å². The van der Waals surface area contributed by atoms with Crippen molar-refractivity contribution < 1.29 is 45.4 Å². The summed E-state index contributed by atoms with van der Waals surface area (Å²) in [6.45, 7) is 1.96. The molecule has 0 saturated carbocycles. The third kappa shape index (κ3) is 5.52. The van der Waals surface area contributed by atoms with Crippen LogP contribution in [0.2, 0.25) is 0 Å². The highest BCUT2D eigenvalue weighted by Crippen LogP contribution is 2.51. The number of rotatable bonds is 6. The van der Waals surface area contributed by atoms with Crippen molar-refractivity contribution in [3.05, 3.63) is 106 Å². The molecule has 3 N–H and O–H groups in total. The molecule has 12 heteroatoms. The van der Waals surface area contributed by atoms with E-state index in [1.165, 1.54) is 41.3 Å². The molecular formula is C29H25F7N2O3. The highest BCUT2D eigenvalue weighted by Gasteiger charge is 2.71. The minimum atomic E-state index is -6.03. The van der Waals surface area contributed by atoms with Crippen LogP contribution in [0.25, 0.3) is 0 Å². The molecule has 3 aromatic carbocycles. The fourth-order valence-electron chi connectivity index (χ4n) is 5.30. The number of primary amides is 1. The van der Waals surface area contributed by atoms with E-state index in [1.54, 1.807) is 19.1 Å². The maximum Gasteiger partial charge on any atom is 0.430 e. The van der Waals surface area contributed by atoms with E-state index >= 15 is 0 Å². The van der Waals surface area contributed by atoms with Gasteiger partial charge in [0.2, 0.25) is 11.8 Å². The smallest absolute Gasteiger partial charge is 0.369 e. The second-order valence-electron chi connectivity index (χ2n) is 10.3. The summed E-state index contributed by atoms with van der Waals surface area (Å²) in [5, 5.41) is 9.76. The molecule has 0 aliphatic carbocycles. The van der Waals surface area contributed by atoms with Gasteiger partial charge in [0.1, 0.15) is 5.82 Å². The molecule has 2 amide bonds. The van der Waals surface area contributed by atoms with Gasteiger partial charge in [-0.2, -0.15) is 26.3 Å². The third-order valence-electron chi connectivity index (χ3n) is 7.69. The molecule has 1 aliphatic heterocycles. The average molecular weight is 583 g/mol. The normalized spacial score (nSPS) is 19.8. The van der Waals surface area contributed by atoms with E-state index in [9.17, 15) is 45.4 Å². The number of amides is 2. The van der Waals surface area contributed by atoms with Crippen molar-refractivity contribution in [1.29, 1.82) is 0 Å². The Morgan fingerprint density at radius 1 is 0.902 bits per heavy atom. The molecule has 41 heavy (non-hydrogen) atoms. The first-order valence-electron chi connectivity index (χ1n) is 12.4. The summed E-state index contributed by atoms with van der Waals surface area (Å²) in [5.41, 5.74) is -0.329. The van der Waals surface area contributed by atoms with Crippen molar-refractivity contribution in [3.8, 4) is 0 Å².